The number of rotatable bonds is 3. The summed E-state index contributed by atoms with van der Waals surface area (Å²) < 4.78 is 10.7. The molecule has 0 radical (unpaired) electrons. The Labute approximate surface area is 101 Å². The quantitative estimate of drug-likeness (QED) is 0.883. The first-order valence-electron chi connectivity index (χ1n) is 5.44. The van der Waals surface area contributed by atoms with Gasteiger partial charge in [-0.05, 0) is 31.0 Å². The van der Waals surface area contributed by atoms with Crippen LogP contribution in [0.1, 0.15) is 11.1 Å². The second-order valence-corrected chi connectivity index (χ2v) is 3.95. The van der Waals surface area contributed by atoms with Crippen LogP contribution >= 0.6 is 0 Å². The molecule has 2 aromatic rings. The SMILES string of the molecule is CNc1nc(-c2c(C)cc(C)cc2OC)co1. The summed E-state index contributed by atoms with van der Waals surface area (Å²) in [5, 5.41) is 2.87. The van der Waals surface area contributed by atoms with Crippen LogP contribution in [0.3, 0.4) is 0 Å². The van der Waals surface area contributed by atoms with Crippen LogP contribution in [0, 0.1) is 13.8 Å². The molecule has 4 nitrogen and oxygen atoms in total. The Morgan fingerprint density at radius 2 is 2.06 bits per heavy atom. The summed E-state index contributed by atoms with van der Waals surface area (Å²) in [6.45, 7) is 4.08. The number of anilines is 1. The number of benzene rings is 1. The van der Waals surface area contributed by atoms with Crippen LogP contribution < -0.4 is 10.1 Å². The van der Waals surface area contributed by atoms with E-state index in [0.717, 1.165) is 22.6 Å². The molecule has 90 valence electrons. The number of aryl methyl sites for hydroxylation is 2. The van der Waals surface area contributed by atoms with Crippen molar-refractivity contribution in [3.63, 3.8) is 0 Å². The van der Waals surface area contributed by atoms with Gasteiger partial charge in [-0.2, -0.15) is 4.98 Å². The van der Waals surface area contributed by atoms with Gasteiger partial charge >= 0.3 is 0 Å². The first-order valence-corrected chi connectivity index (χ1v) is 5.44. The van der Waals surface area contributed by atoms with E-state index < -0.39 is 0 Å². The Morgan fingerprint density at radius 3 is 2.65 bits per heavy atom. The number of nitrogens with zero attached hydrogens (tertiary/aromatic N) is 1. The molecule has 1 N–H and O–H groups in total. The van der Waals surface area contributed by atoms with E-state index in [4.69, 9.17) is 9.15 Å². The number of nitrogens with one attached hydrogen (secondary N) is 1. The van der Waals surface area contributed by atoms with Crippen LogP contribution in [0.4, 0.5) is 6.01 Å². The van der Waals surface area contributed by atoms with Crippen LogP contribution in [0.15, 0.2) is 22.8 Å². The van der Waals surface area contributed by atoms with Crippen molar-refractivity contribution >= 4 is 6.01 Å². The van der Waals surface area contributed by atoms with Gasteiger partial charge in [0.2, 0.25) is 0 Å². The third kappa shape index (κ3) is 2.11. The smallest absolute Gasteiger partial charge is 0.294 e. The van der Waals surface area contributed by atoms with Crippen molar-refractivity contribution in [3.8, 4) is 17.0 Å². The van der Waals surface area contributed by atoms with Crippen molar-refractivity contribution in [3.05, 3.63) is 29.5 Å². The molecule has 0 amide bonds. The lowest BCUT2D eigenvalue weighted by atomic mass is 10.0. The van der Waals surface area contributed by atoms with Crippen LogP contribution in [-0.4, -0.2) is 19.1 Å². The molecule has 0 spiro atoms. The predicted octanol–water partition coefficient (Wildman–Crippen LogP) is 3.01. The molecule has 17 heavy (non-hydrogen) atoms. The summed E-state index contributed by atoms with van der Waals surface area (Å²) in [4.78, 5) is 4.34. The molecule has 0 fully saturated rings. The van der Waals surface area contributed by atoms with Crippen molar-refractivity contribution in [1.82, 2.24) is 4.98 Å². The van der Waals surface area contributed by atoms with Gasteiger partial charge in [-0.3, -0.25) is 0 Å². The Kier molecular flexibility index (Phi) is 3.04. The van der Waals surface area contributed by atoms with Crippen molar-refractivity contribution in [1.29, 1.82) is 0 Å². The van der Waals surface area contributed by atoms with Crippen LogP contribution in [-0.2, 0) is 0 Å². The summed E-state index contributed by atoms with van der Waals surface area (Å²) in [5.41, 5.74) is 4.05. The molecule has 0 aliphatic carbocycles. The highest BCUT2D eigenvalue weighted by Crippen LogP contribution is 2.34. The molecule has 0 unspecified atom stereocenters. The molecule has 2 rings (SSSR count). The lowest BCUT2D eigenvalue weighted by Gasteiger charge is -2.10. The fourth-order valence-electron chi connectivity index (χ4n) is 1.92. The standard InChI is InChI=1S/C13H16N2O2/c1-8-5-9(2)12(11(6-8)16-4)10-7-17-13(14-3)15-10/h5-7H,1-4H3,(H,14,15). The van der Waals surface area contributed by atoms with Gasteiger partial charge in [0.1, 0.15) is 17.7 Å². The predicted molar refractivity (Wildman–Crippen MR) is 67.5 cm³/mol. The summed E-state index contributed by atoms with van der Waals surface area (Å²) in [7, 11) is 3.44. The molecule has 1 heterocycles. The van der Waals surface area contributed by atoms with Gasteiger partial charge in [0.15, 0.2) is 0 Å². The van der Waals surface area contributed by atoms with Crippen LogP contribution in [0.2, 0.25) is 0 Å². The minimum atomic E-state index is 0.502. The molecular formula is C13H16N2O2. The molecule has 0 saturated carbocycles. The third-order valence-corrected chi connectivity index (χ3v) is 2.64. The highest BCUT2D eigenvalue weighted by Gasteiger charge is 2.14. The Morgan fingerprint density at radius 1 is 1.29 bits per heavy atom. The van der Waals surface area contributed by atoms with E-state index in [2.05, 4.69) is 16.4 Å². The Bertz CT molecular complexity index is 532. The number of ether oxygens (including phenoxy) is 1. The largest absolute Gasteiger partial charge is 0.496 e. The highest BCUT2D eigenvalue weighted by atomic mass is 16.5. The normalized spacial score (nSPS) is 10.4. The summed E-state index contributed by atoms with van der Waals surface area (Å²) >= 11 is 0. The molecule has 0 aliphatic heterocycles. The number of methoxy groups -OCH3 is 1. The van der Waals surface area contributed by atoms with Gasteiger partial charge in [-0.1, -0.05) is 6.07 Å². The number of hydrogen-bond acceptors (Lipinski definition) is 4. The topological polar surface area (TPSA) is 47.3 Å². The van der Waals surface area contributed by atoms with Crippen molar-refractivity contribution in [2.45, 2.75) is 13.8 Å². The Hall–Kier alpha value is -1.97. The van der Waals surface area contributed by atoms with E-state index in [1.807, 2.05) is 19.9 Å². The van der Waals surface area contributed by atoms with Crippen molar-refractivity contribution in [2.24, 2.45) is 0 Å². The molecule has 1 aromatic heterocycles. The maximum Gasteiger partial charge on any atom is 0.294 e. The van der Waals surface area contributed by atoms with E-state index in [-0.39, 0.29) is 0 Å². The van der Waals surface area contributed by atoms with Gasteiger partial charge in [0.05, 0.1) is 7.11 Å². The van der Waals surface area contributed by atoms with Gasteiger partial charge in [-0.25, -0.2) is 0 Å². The summed E-state index contributed by atoms with van der Waals surface area (Å²) in [6.07, 6.45) is 1.63. The fraction of sp³-hybridized carbons (Fsp3) is 0.308. The Balaban J connectivity index is 2.57. The monoisotopic (exact) mass is 232 g/mol. The maximum absolute atomic E-state index is 5.40. The van der Waals surface area contributed by atoms with Crippen LogP contribution in [0.5, 0.6) is 5.75 Å². The second-order valence-electron chi connectivity index (χ2n) is 3.95. The lowest BCUT2D eigenvalue weighted by molar-refractivity contribution is 0.415. The summed E-state index contributed by atoms with van der Waals surface area (Å²) in [5.74, 6) is 0.818. The van der Waals surface area contributed by atoms with Gasteiger partial charge < -0.3 is 14.5 Å². The summed E-state index contributed by atoms with van der Waals surface area (Å²) in [6, 6.07) is 4.60. The molecule has 1 aromatic carbocycles. The molecule has 0 atom stereocenters. The minimum Gasteiger partial charge on any atom is -0.496 e. The van der Waals surface area contributed by atoms with Gasteiger partial charge in [0, 0.05) is 12.6 Å². The van der Waals surface area contributed by atoms with Crippen molar-refractivity contribution < 1.29 is 9.15 Å². The molecule has 4 heteroatoms. The molecular weight excluding hydrogens is 216 g/mol. The van der Waals surface area contributed by atoms with E-state index in [0.29, 0.717) is 6.01 Å². The number of hydrogen-bond donors (Lipinski definition) is 1. The first kappa shape index (κ1) is 11.5. The highest BCUT2D eigenvalue weighted by molar-refractivity contribution is 5.71. The zero-order valence-corrected chi connectivity index (χ0v) is 10.5. The van der Waals surface area contributed by atoms with E-state index in [1.165, 1.54) is 5.56 Å². The van der Waals surface area contributed by atoms with E-state index in [1.54, 1.807) is 20.4 Å². The minimum absolute atomic E-state index is 0.502. The van der Waals surface area contributed by atoms with Gasteiger partial charge in [0.25, 0.3) is 6.01 Å². The van der Waals surface area contributed by atoms with Crippen molar-refractivity contribution in [2.75, 3.05) is 19.5 Å². The fourth-order valence-corrected chi connectivity index (χ4v) is 1.92. The van der Waals surface area contributed by atoms with E-state index in [9.17, 15) is 0 Å². The molecule has 0 aliphatic rings. The molecule has 0 saturated heterocycles. The van der Waals surface area contributed by atoms with Crippen LogP contribution in [0.25, 0.3) is 11.3 Å². The number of oxazole rings is 1. The lowest BCUT2D eigenvalue weighted by Crippen LogP contribution is -1.93. The molecule has 0 bridgehead atoms. The average molecular weight is 232 g/mol. The first-order chi connectivity index (χ1) is 8.15. The zero-order chi connectivity index (χ0) is 12.4. The van der Waals surface area contributed by atoms with E-state index >= 15 is 0 Å². The number of aromatic nitrogens is 1. The zero-order valence-electron chi connectivity index (χ0n) is 10.5. The second kappa shape index (κ2) is 4.49. The van der Waals surface area contributed by atoms with Gasteiger partial charge in [-0.15, -0.1) is 0 Å². The average Bonchev–Trinajstić information content (AvgIpc) is 2.76. The maximum atomic E-state index is 5.40. The third-order valence-electron chi connectivity index (χ3n) is 2.64.